The summed E-state index contributed by atoms with van der Waals surface area (Å²) in [5, 5.41) is 7.71. The molecule has 6 nitrogen and oxygen atoms in total. The average molecular weight is 399 g/mol. The molecule has 0 atom stereocenters. The van der Waals surface area contributed by atoms with Gasteiger partial charge in [-0.3, -0.25) is 4.79 Å². The predicted octanol–water partition coefficient (Wildman–Crippen LogP) is 4.61. The Morgan fingerprint density at radius 2 is 1.90 bits per heavy atom. The van der Waals surface area contributed by atoms with Crippen LogP contribution in [0.2, 0.25) is 0 Å². The molecule has 0 spiro atoms. The fraction of sp³-hybridized carbons (Fsp3) is 0.208. The molecule has 2 aromatic carbocycles. The second-order valence-electron chi connectivity index (χ2n) is 7.35. The number of para-hydroxylation sites is 1. The summed E-state index contributed by atoms with van der Waals surface area (Å²) in [6.45, 7) is 9.00. The zero-order chi connectivity index (χ0) is 21.1. The van der Waals surface area contributed by atoms with Crippen LogP contribution in [0.1, 0.15) is 19.4 Å². The van der Waals surface area contributed by atoms with Crippen LogP contribution in [-0.4, -0.2) is 39.9 Å². The minimum Gasteiger partial charge on any atom is -0.379 e. The first-order valence-corrected chi connectivity index (χ1v) is 10.0. The largest absolute Gasteiger partial charge is 0.379 e. The van der Waals surface area contributed by atoms with Crippen LogP contribution in [0.4, 0.5) is 17.3 Å². The molecule has 0 unspecified atom stereocenters. The van der Waals surface area contributed by atoms with Gasteiger partial charge in [-0.15, -0.1) is 0 Å². The summed E-state index contributed by atoms with van der Waals surface area (Å²) in [5.74, 6) is 0.673. The molecule has 2 N–H and O–H groups in total. The number of nitrogens with one attached hydrogen (secondary N) is 2. The Kier molecular flexibility index (Phi) is 5.48. The number of nitrogens with zero attached hydrogens (tertiary/aromatic N) is 3. The second kappa shape index (κ2) is 8.37. The van der Waals surface area contributed by atoms with Gasteiger partial charge in [0.2, 0.25) is 11.9 Å². The van der Waals surface area contributed by atoms with E-state index >= 15 is 0 Å². The molecule has 3 aromatic rings. The molecular weight excluding hydrogens is 374 g/mol. The first-order valence-electron chi connectivity index (χ1n) is 10.0. The number of likely N-dealkylation sites (tertiary alicyclic amines) is 1. The van der Waals surface area contributed by atoms with Crippen molar-refractivity contribution in [3.8, 4) is 0 Å². The molecule has 0 saturated carbocycles. The Hall–Kier alpha value is -3.67. The van der Waals surface area contributed by atoms with E-state index in [1.807, 2.05) is 72.6 Å². The van der Waals surface area contributed by atoms with Crippen LogP contribution in [0.3, 0.4) is 0 Å². The first kappa shape index (κ1) is 19.6. The van der Waals surface area contributed by atoms with Crippen molar-refractivity contribution < 1.29 is 4.79 Å². The fourth-order valence-corrected chi connectivity index (χ4v) is 3.57. The highest BCUT2D eigenvalue weighted by Gasteiger charge is 2.28. The standard InChI is InChI=1S/C24H25N5O/c1-4-17(5-2)22-8-6-7-18-13-25-24(28-23(18)22)27-20-11-9-19(10-12-20)26-21-14-29(15-21)16(3)30/h4-13,21,26H,1,14-15H2,2-3H3,(H,25,27,28)/b17-5+. The van der Waals surface area contributed by atoms with Gasteiger partial charge in [-0.25, -0.2) is 9.97 Å². The van der Waals surface area contributed by atoms with Gasteiger partial charge in [-0.2, -0.15) is 0 Å². The van der Waals surface area contributed by atoms with Gasteiger partial charge >= 0.3 is 0 Å². The van der Waals surface area contributed by atoms with E-state index in [-0.39, 0.29) is 5.91 Å². The van der Waals surface area contributed by atoms with E-state index in [2.05, 4.69) is 22.2 Å². The molecule has 4 rings (SSSR count). The summed E-state index contributed by atoms with van der Waals surface area (Å²) in [6, 6.07) is 14.4. The number of allylic oxidation sites excluding steroid dienone is 3. The van der Waals surface area contributed by atoms with Crippen molar-refractivity contribution in [3.63, 3.8) is 0 Å². The van der Waals surface area contributed by atoms with Crippen LogP contribution in [0.5, 0.6) is 0 Å². The monoisotopic (exact) mass is 399 g/mol. The zero-order valence-electron chi connectivity index (χ0n) is 17.2. The van der Waals surface area contributed by atoms with Gasteiger partial charge in [0, 0.05) is 48.5 Å². The van der Waals surface area contributed by atoms with E-state index in [0.717, 1.165) is 46.5 Å². The lowest BCUT2D eigenvalue weighted by atomic mass is 10.0. The number of hydrogen-bond acceptors (Lipinski definition) is 5. The maximum Gasteiger partial charge on any atom is 0.227 e. The minimum absolute atomic E-state index is 0.126. The fourth-order valence-electron chi connectivity index (χ4n) is 3.57. The third kappa shape index (κ3) is 4.03. The summed E-state index contributed by atoms with van der Waals surface area (Å²) in [6.07, 6.45) is 5.70. The molecule has 1 fully saturated rings. The molecule has 0 radical (unpaired) electrons. The smallest absolute Gasteiger partial charge is 0.227 e. The molecule has 6 heteroatoms. The number of carbonyl (C=O) groups is 1. The quantitative estimate of drug-likeness (QED) is 0.593. The van der Waals surface area contributed by atoms with Gasteiger partial charge in [0.15, 0.2) is 0 Å². The molecule has 0 aliphatic carbocycles. The Morgan fingerprint density at radius 3 is 2.57 bits per heavy atom. The van der Waals surface area contributed by atoms with Crippen molar-refractivity contribution in [1.29, 1.82) is 0 Å². The highest BCUT2D eigenvalue weighted by atomic mass is 16.2. The van der Waals surface area contributed by atoms with Gasteiger partial charge < -0.3 is 15.5 Å². The maximum atomic E-state index is 11.3. The zero-order valence-corrected chi connectivity index (χ0v) is 17.2. The normalized spacial score (nSPS) is 14.3. The maximum absolute atomic E-state index is 11.3. The number of rotatable bonds is 6. The Labute approximate surface area is 176 Å². The Morgan fingerprint density at radius 1 is 1.17 bits per heavy atom. The number of benzene rings is 2. The van der Waals surface area contributed by atoms with Crippen molar-refractivity contribution in [1.82, 2.24) is 14.9 Å². The van der Waals surface area contributed by atoms with Crippen LogP contribution in [0, 0.1) is 0 Å². The van der Waals surface area contributed by atoms with Crippen molar-refractivity contribution >= 4 is 39.7 Å². The van der Waals surface area contributed by atoms with Crippen LogP contribution in [0.25, 0.3) is 16.5 Å². The number of amides is 1. The van der Waals surface area contributed by atoms with E-state index in [9.17, 15) is 4.79 Å². The highest BCUT2D eigenvalue weighted by molar-refractivity contribution is 5.93. The molecule has 0 bridgehead atoms. The summed E-state index contributed by atoms with van der Waals surface area (Å²) in [7, 11) is 0. The lowest BCUT2D eigenvalue weighted by molar-refractivity contribution is -0.132. The minimum atomic E-state index is 0.126. The Balaban J connectivity index is 1.48. The number of aromatic nitrogens is 2. The van der Waals surface area contributed by atoms with Gasteiger partial charge in [0.25, 0.3) is 0 Å². The van der Waals surface area contributed by atoms with Crippen LogP contribution < -0.4 is 10.6 Å². The molecule has 30 heavy (non-hydrogen) atoms. The van der Waals surface area contributed by atoms with Crippen molar-refractivity contribution in [3.05, 3.63) is 73.0 Å². The lowest BCUT2D eigenvalue weighted by Crippen LogP contribution is -2.56. The van der Waals surface area contributed by atoms with Gasteiger partial charge in [-0.1, -0.05) is 36.9 Å². The van der Waals surface area contributed by atoms with E-state index in [1.165, 1.54) is 0 Å². The summed E-state index contributed by atoms with van der Waals surface area (Å²) in [5.41, 5.74) is 4.90. The number of hydrogen-bond donors (Lipinski definition) is 2. The van der Waals surface area contributed by atoms with E-state index in [1.54, 1.807) is 6.92 Å². The molecule has 152 valence electrons. The SMILES string of the molecule is C=C/C(=C\C)c1cccc2cnc(Nc3ccc(NC4CN(C(C)=O)C4)cc3)nc12. The number of carbonyl (C=O) groups excluding carboxylic acids is 1. The Bertz CT molecular complexity index is 1110. The van der Waals surface area contributed by atoms with Crippen LogP contribution in [-0.2, 0) is 4.79 Å². The topological polar surface area (TPSA) is 70.2 Å². The van der Waals surface area contributed by atoms with E-state index in [4.69, 9.17) is 4.98 Å². The lowest BCUT2D eigenvalue weighted by Gasteiger charge is -2.39. The predicted molar refractivity (Wildman–Crippen MR) is 123 cm³/mol. The van der Waals surface area contributed by atoms with Crippen LogP contribution >= 0.6 is 0 Å². The molecule has 1 aromatic heterocycles. The van der Waals surface area contributed by atoms with Gasteiger partial charge in [-0.05, 0) is 36.8 Å². The van der Waals surface area contributed by atoms with Crippen molar-refractivity contribution in [2.75, 3.05) is 23.7 Å². The molecule has 2 heterocycles. The van der Waals surface area contributed by atoms with E-state index in [0.29, 0.717) is 12.0 Å². The van der Waals surface area contributed by atoms with Crippen LogP contribution in [0.15, 0.2) is 67.4 Å². The molecule has 1 amide bonds. The molecule has 1 saturated heterocycles. The van der Waals surface area contributed by atoms with E-state index < -0.39 is 0 Å². The third-order valence-corrected chi connectivity index (χ3v) is 5.29. The summed E-state index contributed by atoms with van der Waals surface area (Å²) < 4.78 is 0. The number of anilines is 3. The summed E-state index contributed by atoms with van der Waals surface area (Å²) >= 11 is 0. The second-order valence-corrected chi connectivity index (χ2v) is 7.35. The van der Waals surface area contributed by atoms with Gasteiger partial charge in [0.05, 0.1) is 11.6 Å². The average Bonchev–Trinajstić information content (AvgIpc) is 2.72. The number of fused-ring (bicyclic) bond motifs is 1. The first-order chi connectivity index (χ1) is 14.6. The molecular formula is C24H25N5O. The third-order valence-electron chi connectivity index (χ3n) is 5.29. The van der Waals surface area contributed by atoms with Crippen molar-refractivity contribution in [2.45, 2.75) is 19.9 Å². The molecule has 1 aliphatic heterocycles. The summed E-state index contributed by atoms with van der Waals surface area (Å²) in [4.78, 5) is 22.3. The highest BCUT2D eigenvalue weighted by Crippen LogP contribution is 2.26. The molecule has 1 aliphatic rings. The van der Waals surface area contributed by atoms with Gasteiger partial charge in [0.1, 0.15) is 0 Å². The van der Waals surface area contributed by atoms with Crippen molar-refractivity contribution in [2.24, 2.45) is 0 Å².